The van der Waals surface area contributed by atoms with E-state index < -0.39 is 5.60 Å². The second-order valence-electron chi connectivity index (χ2n) is 12.0. The molecule has 2 amide bonds. The van der Waals surface area contributed by atoms with Crippen LogP contribution in [0.15, 0.2) is 46.9 Å². The Hall–Kier alpha value is -3.26. The van der Waals surface area contributed by atoms with Gasteiger partial charge >= 0.3 is 6.09 Å². The summed E-state index contributed by atoms with van der Waals surface area (Å²) >= 11 is 6.09. The number of aromatic nitrogens is 1. The molecule has 1 saturated carbocycles. The van der Waals surface area contributed by atoms with Crippen molar-refractivity contribution in [2.24, 2.45) is 5.92 Å². The van der Waals surface area contributed by atoms with Gasteiger partial charge in [-0.25, -0.2) is 4.79 Å². The Kier molecular flexibility index (Phi) is 8.54. The molecule has 0 radical (unpaired) electrons. The number of halogens is 1. The summed E-state index contributed by atoms with van der Waals surface area (Å²) in [6, 6.07) is 13.7. The van der Waals surface area contributed by atoms with E-state index in [0.29, 0.717) is 53.9 Å². The van der Waals surface area contributed by atoms with Crippen LogP contribution in [0.5, 0.6) is 0 Å². The van der Waals surface area contributed by atoms with Gasteiger partial charge in [-0.15, -0.1) is 0 Å². The fraction of sp³-hybridized carbons (Fsp3) is 0.516. The highest BCUT2D eigenvalue weighted by atomic mass is 35.5. The van der Waals surface area contributed by atoms with Crippen LogP contribution in [-0.2, 0) is 11.3 Å². The first-order valence-electron chi connectivity index (χ1n) is 14.3. The first-order chi connectivity index (χ1) is 19.1. The van der Waals surface area contributed by atoms with E-state index in [0.717, 1.165) is 44.1 Å². The molecule has 1 unspecified atom stereocenters. The lowest BCUT2D eigenvalue weighted by Crippen LogP contribution is -2.48. The summed E-state index contributed by atoms with van der Waals surface area (Å²) in [4.78, 5) is 35.1. The second kappa shape index (κ2) is 12.1. The van der Waals surface area contributed by atoms with E-state index in [1.807, 2.05) is 63.2 Å². The lowest BCUT2D eigenvalue weighted by Gasteiger charge is -2.38. The van der Waals surface area contributed by atoms with Crippen LogP contribution >= 0.6 is 11.6 Å². The highest BCUT2D eigenvalue weighted by Crippen LogP contribution is 2.29. The number of nitrogens with one attached hydrogen (secondary N) is 1. The minimum Gasteiger partial charge on any atom is -0.444 e. The van der Waals surface area contributed by atoms with Crippen molar-refractivity contribution in [3.05, 3.63) is 58.6 Å². The minimum atomic E-state index is -0.527. The molecule has 214 valence electrons. The smallest absolute Gasteiger partial charge is 0.410 e. The predicted molar refractivity (Wildman–Crippen MR) is 157 cm³/mol. The number of fused-ring (bicyclic) bond motifs is 1. The van der Waals surface area contributed by atoms with E-state index in [9.17, 15) is 9.59 Å². The number of oxazole rings is 1. The van der Waals surface area contributed by atoms with Crippen LogP contribution < -0.4 is 5.32 Å². The van der Waals surface area contributed by atoms with Gasteiger partial charge in [0.2, 0.25) is 0 Å². The molecular formula is C31H39ClN4O4. The Morgan fingerprint density at radius 3 is 2.67 bits per heavy atom. The van der Waals surface area contributed by atoms with E-state index in [1.54, 1.807) is 4.90 Å². The molecular weight excluding hydrogens is 528 g/mol. The summed E-state index contributed by atoms with van der Waals surface area (Å²) in [6.45, 7) is 8.11. The predicted octanol–water partition coefficient (Wildman–Crippen LogP) is 7.13. The molecule has 1 atom stereocenters. The molecule has 0 spiro atoms. The standard InChI is InChI=1S/C31H39ClN4O4/c1-31(2,3)40-30(38)35-15-7-9-22(19-35)20-36(25-11-4-5-12-25)28(37)23-13-14-27-26(17-23)34-29(39-27)33-18-21-8-6-10-24(32)16-21/h6,8,10,13-14,16-17,22,25H,4-5,7,9,11-12,15,18-20H2,1-3H3,(H,33,34). The number of ether oxygens (including phenoxy) is 1. The van der Waals surface area contributed by atoms with Gasteiger partial charge in [0.05, 0.1) is 0 Å². The van der Waals surface area contributed by atoms with Crippen molar-refractivity contribution in [2.45, 2.75) is 77.5 Å². The third-order valence-corrected chi connectivity index (χ3v) is 7.85. The van der Waals surface area contributed by atoms with Crippen LogP contribution in [0.4, 0.5) is 10.8 Å². The molecule has 2 aliphatic rings. The molecule has 8 nitrogen and oxygen atoms in total. The summed E-state index contributed by atoms with van der Waals surface area (Å²) in [7, 11) is 0. The lowest BCUT2D eigenvalue weighted by molar-refractivity contribution is 0.0137. The van der Waals surface area contributed by atoms with E-state index in [2.05, 4.69) is 15.2 Å². The van der Waals surface area contributed by atoms with Gasteiger partial charge in [-0.3, -0.25) is 4.79 Å². The molecule has 1 N–H and O–H groups in total. The zero-order valence-corrected chi connectivity index (χ0v) is 24.4. The van der Waals surface area contributed by atoms with E-state index >= 15 is 0 Å². The van der Waals surface area contributed by atoms with Crippen LogP contribution in [0.3, 0.4) is 0 Å². The second-order valence-corrected chi connectivity index (χ2v) is 12.5. The molecule has 3 aromatic rings. The van der Waals surface area contributed by atoms with Crippen LogP contribution in [0.25, 0.3) is 11.1 Å². The molecule has 2 fully saturated rings. The molecule has 1 aliphatic heterocycles. The van der Waals surface area contributed by atoms with Crippen LogP contribution in [0, 0.1) is 5.92 Å². The van der Waals surface area contributed by atoms with Gasteiger partial charge in [0.1, 0.15) is 11.1 Å². The van der Waals surface area contributed by atoms with Crippen molar-refractivity contribution >= 4 is 40.7 Å². The van der Waals surface area contributed by atoms with Crippen molar-refractivity contribution in [3.8, 4) is 0 Å². The minimum absolute atomic E-state index is 0.0135. The van der Waals surface area contributed by atoms with Crippen LogP contribution in [0.1, 0.15) is 75.2 Å². The van der Waals surface area contributed by atoms with Crippen molar-refractivity contribution < 1.29 is 18.7 Å². The number of hydrogen-bond donors (Lipinski definition) is 1. The lowest BCUT2D eigenvalue weighted by atomic mass is 9.96. The van der Waals surface area contributed by atoms with Gasteiger partial charge < -0.3 is 24.3 Å². The van der Waals surface area contributed by atoms with Crippen molar-refractivity contribution in [1.29, 1.82) is 0 Å². The summed E-state index contributed by atoms with van der Waals surface area (Å²) in [6.07, 6.45) is 5.91. The van der Waals surface area contributed by atoms with E-state index in [4.69, 9.17) is 20.8 Å². The van der Waals surface area contributed by atoms with Crippen LogP contribution in [0.2, 0.25) is 5.02 Å². The summed E-state index contributed by atoms with van der Waals surface area (Å²) < 4.78 is 11.5. The summed E-state index contributed by atoms with van der Waals surface area (Å²) in [5.41, 5.74) is 2.36. The van der Waals surface area contributed by atoms with E-state index in [1.165, 1.54) is 0 Å². The normalized spacial score (nSPS) is 18.2. The summed E-state index contributed by atoms with van der Waals surface area (Å²) in [5, 5.41) is 3.88. The maximum absolute atomic E-state index is 13.9. The highest BCUT2D eigenvalue weighted by molar-refractivity contribution is 6.30. The Morgan fingerprint density at radius 2 is 1.93 bits per heavy atom. The number of carbonyl (C=O) groups is 2. The first kappa shape index (κ1) is 28.3. The molecule has 1 aliphatic carbocycles. The Bertz CT molecular complexity index is 1340. The molecule has 9 heteroatoms. The number of piperidine rings is 1. The molecule has 5 rings (SSSR count). The Balaban J connectivity index is 1.29. The topological polar surface area (TPSA) is 87.9 Å². The number of hydrogen-bond acceptors (Lipinski definition) is 6. The fourth-order valence-corrected chi connectivity index (χ4v) is 5.94. The maximum atomic E-state index is 13.9. The maximum Gasteiger partial charge on any atom is 0.410 e. The van der Waals surface area contributed by atoms with Crippen molar-refractivity contribution in [2.75, 3.05) is 25.0 Å². The zero-order chi connectivity index (χ0) is 28.3. The number of rotatable bonds is 7. The Morgan fingerprint density at radius 1 is 1.12 bits per heavy atom. The van der Waals surface area contributed by atoms with Crippen molar-refractivity contribution in [3.63, 3.8) is 0 Å². The fourth-order valence-electron chi connectivity index (χ4n) is 5.72. The third-order valence-electron chi connectivity index (χ3n) is 7.62. The van der Waals surface area contributed by atoms with Gasteiger partial charge in [-0.05, 0) is 88.3 Å². The molecule has 40 heavy (non-hydrogen) atoms. The number of anilines is 1. The number of carbonyl (C=O) groups excluding carboxylic acids is 2. The van der Waals surface area contributed by atoms with Gasteiger partial charge in [0.25, 0.3) is 11.9 Å². The monoisotopic (exact) mass is 566 g/mol. The molecule has 2 aromatic carbocycles. The number of nitrogens with zero attached hydrogens (tertiary/aromatic N) is 3. The van der Waals surface area contributed by atoms with E-state index in [-0.39, 0.29) is 24.0 Å². The summed E-state index contributed by atoms with van der Waals surface area (Å²) in [5.74, 6) is 0.225. The van der Waals surface area contributed by atoms with Crippen LogP contribution in [-0.4, -0.2) is 58.1 Å². The first-order valence-corrected chi connectivity index (χ1v) is 14.7. The zero-order valence-electron chi connectivity index (χ0n) is 23.6. The molecule has 2 heterocycles. The van der Waals surface area contributed by atoms with Gasteiger partial charge in [0, 0.05) is 42.8 Å². The largest absolute Gasteiger partial charge is 0.444 e. The van der Waals surface area contributed by atoms with Gasteiger partial charge in [-0.2, -0.15) is 4.98 Å². The number of benzene rings is 2. The SMILES string of the molecule is CC(C)(C)OC(=O)N1CCCC(CN(C(=O)c2ccc3oc(NCc4cccc(Cl)c4)nc3c2)C2CCCC2)C1. The highest BCUT2D eigenvalue weighted by Gasteiger charge is 2.33. The third kappa shape index (κ3) is 7.08. The van der Waals surface area contributed by atoms with Gasteiger partial charge in [0.15, 0.2) is 5.58 Å². The molecule has 1 saturated heterocycles. The quantitative estimate of drug-likeness (QED) is 0.327. The molecule has 1 aromatic heterocycles. The average molecular weight is 567 g/mol. The van der Waals surface area contributed by atoms with Crippen molar-refractivity contribution in [1.82, 2.24) is 14.8 Å². The number of likely N-dealkylation sites (tertiary alicyclic amines) is 1. The number of amides is 2. The Labute approximate surface area is 241 Å². The van der Waals surface area contributed by atoms with Gasteiger partial charge in [-0.1, -0.05) is 36.6 Å². The molecule has 0 bridgehead atoms. The average Bonchev–Trinajstić information content (AvgIpc) is 3.59.